The van der Waals surface area contributed by atoms with Crippen LogP contribution in [0.15, 0.2) is 12.2 Å². The van der Waals surface area contributed by atoms with Gasteiger partial charge in [0.15, 0.2) is 0 Å². The Morgan fingerprint density at radius 1 is 1.20 bits per heavy atom. The van der Waals surface area contributed by atoms with Crippen molar-refractivity contribution in [1.29, 1.82) is 0 Å². The zero-order chi connectivity index (χ0) is 12.7. The molecular formula is C14H31F. The molecule has 0 aliphatic carbocycles. The predicted molar refractivity (Wildman–Crippen MR) is 71.1 cm³/mol. The van der Waals surface area contributed by atoms with E-state index in [9.17, 15) is 4.39 Å². The first-order chi connectivity index (χ1) is 7.08. The van der Waals surface area contributed by atoms with Gasteiger partial charge in [0.1, 0.15) is 0 Å². The van der Waals surface area contributed by atoms with Crippen LogP contribution in [-0.2, 0) is 0 Å². The third-order valence-corrected chi connectivity index (χ3v) is 2.00. The number of rotatable bonds is 5. The molecule has 0 heterocycles. The lowest BCUT2D eigenvalue weighted by molar-refractivity contribution is 0.495. The topological polar surface area (TPSA) is 0 Å². The highest BCUT2D eigenvalue weighted by molar-refractivity contribution is 4.87. The molecule has 0 rings (SSSR count). The number of hydrogen-bond donors (Lipinski definition) is 0. The minimum Gasteiger partial charge on any atom is -0.255 e. The fourth-order valence-corrected chi connectivity index (χ4v) is 0.956. The first kappa shape index (κ1) is 20.1. The van der Waals surface area contributed by atoms with E-state index in [2.05, 4.69) is 41.2 Å². The van der Waals surface area contributed by atoms with Gasteiger partial charge in [0, 0.05) is 0 Å². The van der Waals surface area contributed by atoms with E-state index >= 15 is 0 Å². The van der Waals surface area contributed by atoms with Crippen LogP contribution in [0.2, 0.25) is 0 Å². The standard InChI is InChI=1S/C10H20.C3H8.CH3F/c1-5-10(4)8-6-7-9(2)3;1-3-2;1-2/h10H,2,5-8H2,1,3-4H3;3H2,1-2H3;1H3. The van der Waals surface area contributed by atoms with E-state index in [4.69, 9.17) is 0 Å². The van der Waals surface area contributed by atoms with Crippen molar-refractivity contribution in [3.63, 3.8) is 0 Å². The molecule has 0 saturated heterocycles. The monoisotopic (exact) mass is 218 g/mol. The van der Waals surface area contributed by atoms with Gasteiger partial charge in [-0.25, -0.2) is 0 Å². The molecule has 0 radical (unpaired) electrons. The smallest absolute Gasteiger partial charge is 0.0785 e. The molecule has 0 nitrogen and oxygen atoms in total. The molecule has 0 aromatic heterocycles. The van der Waals surface area contributed by atoms with E-state index in [1.165, 1.54) is 37.7 Å². The summed E-state index contributed by atoms with van der Waals surface area (Å²) in [5, 5.41) is 0. The van der Waals surface area contributed by atoms with Crippen LogP contribution in [0.5, 0.6) is 0 Å². The Hall–Kier alpha value is -0.330. The lowest BCUT2D eigenvalue weighted by Crippen LogP contribution is -1.91. The van der Waals surface area contributed by atoms with Crippen LogP contribution in [0.3, 0.4) is 0 Å². The molecule has 0 aliphatic heterocycles. The molecular weight excluding hydrogens is 187 g/mol. The van der Waals surface area contributed by atoms with Crippen molar-refractivity contribution >= 4 is 0 Å². The Balaban J connectivity index is -0.000000245. The van der Waals surface area contributed by atoms with Gasteiger partial charge in [-0.05, 0) is 25.7 Å². The Labute approximate surface area is 97.0 Å². The minimum absolute atomic E-state index is 0.500. The van der Waals surface area contributed by atoms with Crippen molar-refractivity contribution in [2.24, 2.45) is 5.92 Å². The van der Waals surface area contributed by atoms with Crippen molar-refractivity contribution in [2.45, 2.75) is 66.7 Å². The van der Waals surface area contributed by atoms with Gasteiger partial charge in [-0.3, -0.25) is 4.39 Å². The molecule has 0 aliphatic rings. The zero-order valence-electron chi connectivity index (χ0n) is 11.7. The predicted octanol–water partition coefficient (Wildman–Crippen LogP) is 5.78. The molecule has 1 heteroatoms. The Bertz CT molecular complexity index is 108. The third-order valence-electron chi connectivity index (χ3n) is 2.00. The Morgan fingerprint density at radius 2 is 1.60 bits per heavy atom. The van der Waals surface area contributed by atoms with Gasteiger partial charge >= 0.3 is 0 Å². The molecule has 1 unspecified atom stereocenters. The molecule has 0 spiro atoms. The molecule has 0 aromatic carbocycles. The van der Waals surface area contributed by atoms with Crippen LogP contribution < -0.4 is 0 Å². The molecule has 0 amide bonds. The number of hydrogen-bond acceptors (Lipinski definition) is 0. The summed E-state index contributed by atoms with van der Waals surface area (Å²) in [6.45, 7) is 14.8. The van der Waals surface area contributed by atoms with Crippen LogP contribution in [0.25, 0.3) is 0 Å². The summed E-state index contributed by atoms with van der Waals surface area (Å²) in [6, 6.07) is 0. The van der Waals surface area contributed by atoms with Crippen LogP contribution in [0.1, 0.15) is 66.7 Å². The average Bonchev–Trinajstić information content (AvgIpc) is 2.21. The summed E-state index contributed by atoms with van der Waals surface area (Å²) in [5.41, 5.74) is 1.32. The van der Waals surface area contributed by atoms with Crippen molar-refractivity contribution in [1.82, 2.24) is 0 Å². The quantitative estimate of drug-likeness (QED) is 0.513. The molecule has 0 saturated carbocycles. The molecule has 15 heavy (non-hydrogen) atoms. The molecule has 0 N–H and O–H groups in total. The van der Waals surface area contributed by atoms with Crippen molar-refractivity contribution in [3.05, 3.63) is 12.2 Å². The Morgan fingerprint density at radius 3 is 1.87 bits per heavy atom. The highest BCUT2D eigenvalue weighted by Gasteiger charge is 1.97. The van der Waals surface area contributed by atoms with Gasteiger partial charge in [-0.2, -0.15) is 0 Å². The van der Waals surface area contributed by atoms with Crippen LogP contribution >= 0.6 is 0 Å². The maximum Gasteiger partial charge on any atom is 0.0785 e. The highest BCUT2D eigenvalue weighted by atomic mass is 19.1. The SMILES string of the molecule is C=C(C)CCCC(C)CC.CCC.CF. The van der Waals surface area contributed by atoms with E-state index in [0.29, 0.717) is 7.18 Å². The summed E-state index contributed by atoms with van der Waals surface area (Å²) in [7, 11) is 0.500. The molecule has 1 atom stereocenters. The first-order valence-corrected chi connectivity index (χ1v) is 6.10. The first-order valence-electron chi connectivity index (χ1n) is 6.10. The summed E-state index contributed by atoms with van der Waals surface area (Å²) < 4.78 is 9.50. The van der Waals surface area contributed by atoms with Crippen molar-refractivity contribution < 1.29 is 4.39 Å². The van der Waals surface area contributed by atoms with Crippen molar-refractivity contribution in [2.75, 3.05) is 7.18 Å². The number of allylic oxidation sites excluding steroid dienone is 1. The van der Waals surface area contributed by atoms with Gasteiger partial charge in [-0.1, -0.05) is 52.5 Å². The van der Waals surface area contributed by atoms with E-state index < -0.39 is 0 Å². The van der Waals surface area contributed by atoms with E-state index in [0.717, 1.165) is 5.92 Å². The second-order valence-electron chi connectivity index (χ2n) is 4.07. The normalized spacial score (nSPS) is 10.3. The third kappa shape index (κ3) is 31.6. The van der Waals surface area contributed by atoms with Crippen LogP contribution in [0, 0.1) is 5.92 Å². The van der Waals surface area contributed by atoms with Crippen LogP contribution in [-0.4, -0.2) is 7.18 Å². The highest BCUT2D eigenvalue weighted by Crippen LogP contribution is 2.13. The Kier molecular flexibility index (Phi) is 25.9. The fourth-order valence-electron chi connectivity index (χ4n) is 0.956. The fraction of sp³-hybridized carbons (Fsp3) is 0.857. The second-order valence-corrected chi connectivity index (χ2v) is 4.07. The van der Waals surface area contributed by atoms with E-state index in [1.807, 2.05) is 0 Å². The van der Waals surface area contributed by atoms with Gasteiger partial charge < -0.3 is 0 Å². The number of halogens is 1. The number of alkyl halides is 1. The van der Waals surface area contributed by atoms with Gasteiger partial charge in [-0.15, -0.1) is 6.58 Å². The van der Waals surface area contributed by atoms with Crippen molar-refractivity contribution in [3.8, 4) is 0 Å². The van der Waals surface area contributed by atoms with Gasteiger partial charge in [0.2, 0.25) is 0 Å². The molecule has 0 aromatic rings. The zero-order valence-corrected chi connectivity index (χ0v) is 11.7. The lowest BCUT2D eigenvalue weighted by atomic mass is 10.0. The second kappa shape index (κ2) is 19.3. The maximum absolute atomic E-state index is 9.50. The van der Waals surface area contributed by atoms with E-state index in [1.54, 1.807) is 0 Å². The average molecular weight is 218 g/mol. The summed E-state index contributed by atoms with van der Waals surface area (Å²) in [6.07, 6.45) is 6.47. The van der Waals surface area contributed by atoms with Gasteiger partial charge in [0.05, 0.1) is 7.18 Å². The van der Waals surface area contributed by atoms with Gasteiger partial charge in [0.25, 0.3) is 0 Å². The summed E-state index contributed by atoms with van der Waals surface area (Å²) >= 11 is 0. The lowest BCUT2D eigenvalue weighted by Gasteiger charge is -2.06. The summed E-state index contributed by atoms with van der Waals surface area (Å²) in [5.74, 6) is 0.902. The largest absolute Gasteiger partial charge is 0.255 e. The van der Waals surface area contributed by atoms with Crippen LogP contribution in [0.4, 0.5) is 4.39 Å². The molecule has 94 valence electrons. The maximum atomic E-state index is 9.50. The summed E-state index contributed by atoms with van der Waals surface area (Å²) in [4.78, 5) is 0. The van der Waals surface area contributed by atoms with E-state index in [-0.39, 0.29) is 0 Å². The molecule has 0 fully saturated rings. The molecule has 0 bridgehead atoms. The minimum atomic E-state index is 0.500.